The SMILES string of the molecule is CC(C)(C)OC(=O)N1CCC(C2CCN(c3cc(F)c([N+](=O)[O-])cc3F)CC2)CC1. The number of hydrogen-bond acceptors (Lipinski definition) is 5. The van der Waals surface area contributed by atoms with Gasteiger partial charge < -0.3 is 14.5 Å². The first-order chi connectivity index (χ1) is 14.0. The lowest BCUT2D eigenvalue weighted by atomic mass is 9.79. The molecule has 2 heterocycles. The lowest BCUT2D eigenvalue weighted by Gasteiger charge is -2.41. The van der Waals surface area contributed by atoms with Gasteiger partial charge in [0.1, 0.15) is 5.60 Å². The number of carbonyl (C=O) groups excluding carboxylic acids is 1. The van der Waals surface area contributed by atoms with Crippen molar-refractivity contribution >= 4 is 17.5 Å². The van der Waals surface area contributed by atoms with Crippen LogP contribution in [0.4, 0.5) is 25.0 Å². The molecule has 2 saturated heterocycles. The molecule has 0 N–H and O–H groups in total. The van der Waals surface area contributed by atoms with E-state index in [9.17, 15) is 23.7 Å². The first-order valence-electron chi connectivity index (χ1n) is 10.4. The smallest absolute Gasteiger partial charge is 0.410 e. The Labute approximate surface area is 175 Å². The van der Waals surface area contributed by atoms with Crippen molar-refractivity contribution in [2.24, 2.45) is 11.8 Å². The molecule has 0 bridgehead atoms. The van der Waals surface area contributed by atoms with Gasteiger partial charge in [0.05, 0.1) is 16.7 Å². The summed E-state index contributed by atoms with van der Waals surface area (Å²) < 4.78 is 33.7. The number of piperidine rings is 2. The topological polar surface area (TPSA) is 75.9 Å². The van der Waals surface area contributed by atoms with Gasteiger partial charge in [-0.1, -0.05) is 0 Å². The minimum absolute atomic E-state index is 0.0799. The molecule has 1 aromatic carbocycles. The number of hydrogen-bond donors (Lipinski definition) is 0. The Hall–Kier alpha value is -2.45. The van der Waals surface area contributed by atoms with E-state index in [4.69, 9.17) is 4.74 Å². The molecule has 30 heavy (non-hydrogen) atoms. The summed E-state index contributed by atoms with van der Waals surface area (Å²) in [6.07, 6.45) is 3.23. The minimum Gasteiger partial charge on any atom is -0.444 e. The van der Waals surface area contributed by atoms with E-state index in [1.165, 1.54) is 0 Å². The fraction of sp³-hybridized carbons (Fsp3) is 0.667. The predicted octanol–water partition coefficient (Wildman–Crippen LogP) is 4.74. The number of benzene rings is 1. The lowest BCUT2D eigenvalue weighted by molar-refractivity contribution is -0.387. The third-order valence-electron chi connectivity index (χ3n) is 5.95. The number of ether oxygens (including phenoxy) is 1. The van der Waals surface area contributed by atoms with Gasteiger partial charge in [0, 0.05) is 32.2 Å². The second-order valence-corrected chi connectivity index (χ2v) is 9.14. The van der Waals surface area contributed by atoms with Gasteiger partial charge in [-0.15, -0.1) is 0 Å². The summed E-state index contributed by atoms with van der Waals surface area (Å²) in [6, 6.07) is 1.58. The van der Waals surface area contributed by atoms with E-state index >= 15 is 0 Å². The quantitative estimate of drug-likeness (QED) is 0.517. The highest BCUT2D eigenvalue weighted by molar-refractivity contribution is 5.68. The highest BCUT2D eigenvalue weighted by Crippen LogP contribution is 2.36. The largest absolute Gasteiger partial charge is 0.444 e. The van der Waals surface area contributed by atoms with E-state index < -0.39 is 27.8 Å². The van der Waals surface area contributed by atoms with E-state index in [0.717, 1.165) is 31.7 Å². The monoisotopic (exact) mass is 425 g/mol. The molecule has 2 aliphatic rings. The van der Waals surface area contributed by atoms with Gasteiger partial charge >= 0.3 is 11.8 Å². The highest BCUT2D eigenvalue weighted by Gasteiger charge is 2.33. The summed E-state index contributed by atoms with van der Waals surface area (Å²) in [6.45, 7) is 8.04. The third-order valence-corrected chi connectivity index (χ3v) is 5.95. The summed E-state index contributed by atoms with van der Waals surface area (Å²) >= 11 is 0. The lowest BCUT2D eigenvalue weighted by Crippen LogP contribution is -2.44. The van der Waals surface area contributed by atoms with Crippen LogP contribution >= 0.6 is 0 Å². The molecule has 2 aliphatic heterocycles. The summed E-state index contributed by atoms with van der Waals surface area (Å²) in [7, 11) is 0. The van der Waals surface area contributed by atoms with Crippen molar-refractivity contribution in [3.05, 3.63) is 33.9 Å². The number of amides is 1. The Morgan fingerprint density at radius 2 is 1.57 bits per heavy atom. The van der Waals surface area contributed by atoms with Crippen molar-refractivity contribution in [1.82, 2.24) is 4.90 Å². The number of rotatable bonds is 3. The van der Waals surface area contributed by atoms with Gasteiger partial charge in [-0.3, -0.25) is 10.1 Å². The highest BCUT2D eigenvalue weighted by atomic mass is 19.1. The number of halogens is 2. The van der Waals surface area contributed by atoms with Gasteiger partial charge in [0.2, 0.25) is 5.82 Å². The number of likely N-dealkylation sites (tertiary alicyclic amines) is 1. The van der Waals surface area contributed by atoms with Crippen LogP contribution in [-0.2, 0) is 4.74 Å². The van der Waals surface area contributed by atoms with E-state index in [0.29, 0.717) is 44.1 Å². The molecule has 0 saturated carbocycles. The molecule has 3 rings (SSSR count). The summed E-state index contributed by atoms with van der Waals surface area (Å²) in [5.41, 5.74) is -1.27. The molecule has 0 atom stereocenters. The van der Waals surface area contributed by atoms with Crippen molar-refractivity contribution in [1.29, 1.82) is 0 Å². The average Bonchev–Trinajstić information content (AvgIpc) is 2.68. The maximum atomic E-state index is 14.3. The first kappa shape index (κ1) is 22.2. The van der Waals surface area contributed by atoms with Crippen LogP contribution in [0.3, 0.4) is 0 Å². The van der Waals surface area contributed by atoms with E-state index in [1.807, 2.05) is 20.8 Å². The predicted molar refractivity (Wildman–Crippen MR) is 108 cm³/mol. The minimum atomic E-state index is -1.02. The zero-order chi connectivity index (χ0) is 22.1. The van der Waals surface area contributed by atoms with Crippen molar-refractivity contribution in [2.75, 3.05) is 31.1 Å². The van der Waals surface area contributed by atoms with Crippen molar-refractivity contribution in [3.63, 3.8) is 0 Å². The van der Waals surface area contributed by atoms with Gasteiger partial charge in [-0.25, -0.2) is 9.18 Å². The van der Waals surface area contributed by atoms with E-state index in [2.05, 4.69) is 0 Å². The normalized spacial score (nSPS) is 19.1. The zero-order valence-electron chi connectivity index (χ0n) is 17.7. The van der Waals surface area contributed by atoms with E-state index in [1.54, 1.807) is 9.80 Å². The van der Waals surface area contributed by atoms with Crippen molar-refractivity contribution in [3.8, 4) is 0 Å². The fourth-order valence-corrected chi connectivity index (χ4v) is 4.40. The second kappa shape index (κ2) is 8.73. The summed E-state index contributed by atoms with van der Waals surface area (Å²) in [5, 5.41) is 10.8. The summed E-state index contributed by atoms with van der Waals surface area (Å²) in [5.74, 6) is -0.836. The van der Waals surface area contributed by atoms with Crippen LogP contribution in [-0.4, -0.2) is 47.7 Å². The van der Waals surface area contributed by atoms with Gasteiger partial charge in [0.15, 0.2) is 5.82 Å². The zero-order valence-corrected chi connectivity index (χ0v) is 17.7. The standard InChI is InChI=1S/C21H29F2N3O4/c1-21(2,3)30-20(27)25-10-6-15(7-11-25)14-4-8-24(9-5-14)18-12-17(23)19(26(28)29)13-16(18)22/h12-15H,4-11H2,1-3H3. The third kappa shape index (κ3) is 5.17. The van der Waals surface area contributed by atoms with Crippen LogP contribution in [0.2, 0.25) is 0 Å². The summed E-state index contributed by atoms with van der Waals surface area (Å²) in [4.78, 5) is 25.6. The van der Waals surface area contributed by atoms with Crippen LogP contribution < -0.4 is 4.90 Å². The molecule has 1 amide bonds. The van der Waals surface area contributed by atoms with Crippen LogP contribution in [0.5, 0.6) is 0 Å². The first-order valence-corrected chi connectivity index (χ1v) is 10.4. The van der Waals surface area contributed by atoms with Crippen molar-refractivity contribution < 1.29 is 23.2 Å². The maximum absolute atomic E-state index is 14.3. The van der Waals surface area contributed by atoms with Crippen molar-refractivity contribution in [2.45, 2.75) is 52.1 Å². The molecular formula is C21H29F2N3O4. The molecule has 9 heteroatoms. The van der Waals surface area contributed by atoms with E-state index in [-0.39, 0.29) is 11.8 Å². The fourth-order valence-electron chi connectivity index (χ4n) is 4.40. The Morgan fingerprint density at radius 3 is 2.07 bits per heavy atom. The average molecular weight is 425 g/mol. The van der Waals surface area contributed by atoms with Crippen LogP contribution in [0.15, 0.2) is 12.1 Å². The number of anilines is 1. The Kier molecular flexibility index (Phi) is 6.47. The molecule has 0 unspecified atom stereocenters. The number of nitro groups is 1. The number of nitrogens with zero attached hydrogens (tertiary/aromatic N) is 3. The number of carbonyl (C=O) groups is 1. The molecule has 0 spiro atoms. The second-order valence-electron chi connectivity index (χ2n) is 9.14. The molecular weight excluding hydrogens is 396 g/mol. The number of nitro benzene ring substituents is 1. The molecule has 0 aliphatic carbocycles. The van der Waals surface area contributed by atoms with Gasteiger partial charge in [-0.05, 0) is 58.3 Å². The molecule has 0 aromatic heterocycles. The van der Waals surface area contributed by atoms with Gasteiger partial charge in [-0.2, -0.15) is 4.39 Å². The Morgan fingerprint density at radius 1 is 1.03 bits per heavy atom. The molecule has 0 radical (unpaired) electrons. The van der Waals surface area contributed by atoms with Gasteiger partial charge in [0.25, 0.3) is 0 Å². The maximum Gasteiger partial charge on any atom is 0.410 e. The molecule has 2 fully saturated rings. The van der Waals surface area contributed by atoms with Crippen LogP contribution in [0, 0.1) is 33.6 Å². The molecule has 166 valence electrons. The van der Waals surface area contributed by atoms with Crippen LogP contribution in [0.25, 0.3) is 0 Å². The van der Waals surface area contributed by atoms with Crippen LogP contribution in [0.1, 0.15) is 46.5 Å². The Balaban J connectivity index is 1.53. The Bertz CT molecular complexity index is 796. The molecule has 7 nitrogen and oxygen atoms in total. The molecule has 1 aromatic rings.